The van der Waals surface area contributed by atoms with Crippen LogP contribution in [0.4, 0.5) is 18.9 Å². The molecule has 0 radical (unpaired) electrons. The van der Waals surface area contributed by atoms with Gasteiger partial charge < -0.3 is 20.4 Å². The third kappa shape index (κ3) is 4.50. The SMILES string of the molecule is CC1CCN1c1c(/C(=C(\C#N)C(=O)NCC(O)CO)C(F)(F)F)ccc2ccccc12. The summed E-state index contributed by atoms with van der Waals surface area (Å²) < 4.78 is 42.7. The van der Waals surface area contributed by atoms with Gasteiger partial charge in [0.05, 0.1) is 24.0 Å². The van der Waals surface area contributed by atoms with Crippen LogP contribution in [0, 0.1) is 11.3 Å². The lowest BCUT2D eigenvalue weighted by molar-refractivity contribution is -0.118. The van der Waals surface area contributed by atoms with Crippen LogP contribution in [0.15, 0.2) is 42.0 Å². The molecule has 2 unspecified atom stereocenters. The first-order chi connectivity index (χ1) is 14.7. The lowest BCUT2D eigenvalue weighted by Gasteiger charge is -2.43. The number of carbonyl (C=O) groups excluding carboxylic acids is 1. The van der Waals surface area contributed by atoms with Gasteiger partial charge >= 0.3 is 6.18 Å². The molecule has 1 amide bonds. The number of benzene rings is 2. The molecule has 2 aromatic rings. The van der Waals surface area contributed by atoms with Gasteiger partial charge in [0.2, 0.25) is 0 Å². The van der Waals surface area contributed by atoms with Crippen LogP contribution in [0.2, 0.25) is 0 Å². The van der Waals surface area contributed by atoms with E-state index in [9.17, 15) is 28.3 Å². The van der Waals surface area contributed by atoms with Gasteiger partial charge in [-0.1, -0.05) is 36.4 Å². The van der Waals surface area contributed by atoms with Crippen LogP contribution in [0.3, 0.4) is 0 Å². The quantitative estimate of drug-likeness (QED) is 0.481. The van der Waals surface area contributed by atoms with Gasteiger partial charge in [0.25, 0.3) is 5.91 Å². The van der Waals surface area contributed by atoms with Crippen molar-refractivity contribution in [1.29, 1.82) is 5.26 Å². The van der Waals surface area contributed by atoms with Crippen molar-refractivity contribution >= 4 is 27.9 Å². The summed E-state index contributed by atoms with van der Waals surface area (Å²) in [5.41, 5.74) is -2.33. The van der Waals surface area contributed by atoms with E-state index in [4.69, 9.17) is 5.11 Å². The standard InChI is InChI=1S/C22H22F3N3O3/c1-13-8-9-28(13)20-16-5-3-2-4-14(16)6-7-17(20)19(22(23,24)25)18(10-26)21(31)27-11-15(30)12-29/h2-7,13,15,29-30H,8-9,11-12H2,1H3,(H,27,31)/b19-18-. The lowest BCUT2D eigenvalue weighted by atomic mass is 9.91. The van der Waals surface area contributed by atoms with Gasteiger partial charge in [0.1, 0.15) is 11.6 Å². The van der Waals surface area contributed by atoms with Gasteiger partial charge in [0.15, 0.2) is 0 Å². The first-order valence-corrected chi connectivity index (χ1v) is 9.76. The third-order valence-electron chi connectivity index (χ3n) is 5.36. The number of halogens is 3. The van der Waals surface area contributed by atoms with Gasteiger partial charge in [-0.3, -0.25) is 4.79 Å². The number of hydrogen-bond acceptors (Lipinski definition) is 5. The predicted octanol–water partition coefficient (Wildman–Crippen LogP) is 2.75. The summed E-state index contributed by atoms with van der Waals surface area (Å²) in [7, 11) is 0. The van der Waals surface area contributed by atoms with Crippen molar-refractivity contribution in [2.24, 2.45) is 0 Å². The minimum atomic E-state index is -4.98. The van der Waals surface area contributed by atoms with E-state index in [0.717, 1.165) is 11.8 Å². The maximum absolute atomic E-state index is 14.2. The number of hydrogen-bond donors (Lipinski definition) is 3. The summed E-state index contributed by atoms with van der Waals surface area (Å²) in [6.45, 7) is 1.30. The van der Waals surface area contributed by atoms with E-state index in [1.165, 1.54) is 18.2 Å². The molecule has 0 bridgehead atoms. The van der Waals surface area contributed by atoms with Crippen LogP contribution in [-0.4, -0.2) is 54.1 Å². The van der Waals surface area contributed by atoms with E-state index in [-0.39, 0.29) is 11.6 Å². The molecule has 0 aliphatic carbocycles. The highest BCUT2D eigenvalue weighted by atomic mass is 19.4. The highest BCUT2D eigenvalue weighted by Gasteiger charge is 2.42. The second-order valence-corrected chi connectivity index (χ2v) is 7.42. The number of fused-ring (bicyclic) bond motifs is 1. The number of amides is 1. The number of carbonyl (C=O) groups is 1. The summed E-state index contributed by atoms with van der Waals surface area (Å²) in [6, 6.07) is 11.3. The largest absolute Gasteiger partial charge is 0.418 e. The molecule has 2 aromatic carbocycles. The van der Waals surface area contributed by atoms with Crippen molar-refractivity contribution in [1.82, 2.24) is 5.32 Å². The fraction of sp³-hybridized carbons (Fsp3) is 0.364. The summed E-state index contributed by atoms with van der Waals surface area (Å²) in [5.74, 6) is -1.27. The highest BCUT2D eigenvalue weighted by molar-refractivity contribution is 6.09. The topological polar surface area (TPSA) is 96.6 Å². The van der Waals surface area contributed by atoms with Gasteiger partial charge in [0, 0.05) is 30.1 Å². The molecule has 6 nitrogen and oxygen atoms in total. The van der Waals surface area contributed by atoms with E-state index >= 15 is 0 Å². The minimum absolute atomic E-state index is 0.0121. The lowest BCUT2D eigenvalue weighted by Crippen LogP contribution is -2.46. The fourth-order valence-electron chi connectivity index (χ4n) is 3.63. The number of nitrogens with zero attached hydrogens (tertiary/aromatic N) is 2. The monoisotopic (exact) mass is 433 g/mol. The van der Waals surface area contributed by atoms with Crippen molar-refractivity contribution in [3.63, 3.8) is 0 Å². The number of anilines is 1. The van der Waals surface area contributed by atoms with Crippen molar-refractivity contribution in [3.8, 4) is 6.07 Å². The maximum atomic E-state index is 14.2. The molecule has 1 heterocycles. The van der Waals surface area contributed by atoms with Crippen LogP contribution < -0.4 is 10.2 Å². The molecular weight excluding hydrogens is 411 g/mol. The smallest absolute Gasteiger partial charge is 0.394 e. The molecule has 0 aromatic heterocycles. The predicted molar refractivity (Wildman–Crippen MR) is 110 cm³/mol. The molecule has 3 rings (SSSR count). The van der Waals surface area contributed by atoms with Crippen LogP contribution in [0.25, 0.3) is 16.3 Å². The molecule has 31 heavy (non-hydrogen) atoms. The molecule has 9 heteroatoms. The van der Waals surface area contributed by atoms with Gasteiger partial charge in [-0.2, -0.15) is 18.4 Å². The van der Waals surface area contributed by atoms with Gasteiger partial charge in [-0.15, -0.1) is 0 Å². The number of aliphatic hydroxyl groups is 2. The minimum Gasteiger partial charge on any atom is -0.394 e. The van der Waals surface area contributed by atoms with E-state index in [1.54, 1.807) is 24.3 Å². The number of allylic oxidation sites excluding steroid dienone is 1. The Morgan fingerprint density at radius 1 is 1.32 bits per heavy atom. The van der Waals surface area contributed by atoms with E-state index in [0.29, 0.717) is 17.6 Å². The van der Waals surface area contributed by atoms with Crippen molar-refractivity contribution in [2.75, 3.05) is 24.6 Å². The fourth-order valence-corrected chi connectivity index (χ4v) is 3.63. The molecule has 1 aliphatic heterocycles. The van der Waals surface area contributed by atoms with Crippen molar-refractivity contribution in [3.05, 3.63) is 47.5 Å². The summed E-state index contributed by atoms with van der Waals surface area (Å²) >= 11 is 0. The van der Waals surface area contributed by atoms with Crippen molar-refractivity contribution in [2.45, 2.75) is 31.7 Å². The highest BCUT2D eigenvalue weighted by Crippen LogP contribution is 2.45. The molecule has 1 fully saturated rings. The molecule has 0 saturated carbocycles. The number of alkyl halides is 3. The van der Waals surface area contributed by atoms with Crippen LogP contribution in [0.1, 0.15) is 18.9 Å². The normalized spacial score (nSPS) is 18.1. The Hall–Kier alpha value is -3.09. The zero-order chi connectivity index (χ0) is 22.8. The van der Waals surface area contributed by atoms with E-state index in [1.807, 2.05) is 11.8 Å². The molecular formula is C22H22F3N3O3. The zero-order valence-electron chi connectivity index (χ0n) is 16.8. The van der Waals surface area contributed by atoms with Crippen molar-refractivity contribution < 1.29 is 28.2 Å². The first-order valence-electron chi connectivity index (χ1n) is 9.76. The summed E-state index contributed by atoms with van der Waals surface area (Å²) in [6.07, 6.45) is -5.52. The number of nitrogens with one attached hydrogen (secondary N) is 1. The van der Waals surface area contributed by atoms with Crippen LogP contribution in [0.5, 0.6) is 0 Å². The Bertz CT molecular complexity index is 1060. The van der Waals surface area contributed by atoms with Gasteiger partial charge in [-0.05, 0) is 18.7 Å². The molecule has 0 spiro atoms. The molecule has 1 saturated heterocycles. The zero-order valence-corrected chi connectivity index (χ0v) is 16.8. The number of aliphatic hydroxyl groups excluding tert-OH is 2. The molecule has 164 valence electrons. The average molecular weight is 433 g/mol. The Balaban J connectivity index is 2.24. The van der Waals surface area contributed by atoms with Crippen LogP contribution >= 0.6 is 0 Å². The summed E-state index contributed by atoms with van der Waals surface area (Å²) in [5, 5.41) is 31.2. The Morgan fingerprint density at radius 3 is 2.58 bits per heavy atom. The summed E-state index contributed by atoms with van der Waals surface area (Å²) in [4.78, 5) is 14.3. The number of nitriles is 1. The average Bonchev–Trinajstić information content (AvgIpc) is 2.74. The third-order valence-corrected chi connectivity index (χ3v) is 5.36. The first kappa shape index (κ1) is 22.6. The van der Waals surface area contributed by atoms with E-state index in [2.05, 4.69) is 5.32 Å². The Kier molecular flexibility index (Phi) is 6.53. The van der Waals surface area contributed by atoms with Gasteiger partial charge in [-0.25, -0.2) is 0 Å². The maximum Gasteiger partial charge on any atom is 0.418 e. The Morgan fingerprint density at radius 2 is 2.03 bits per heavy atom. The van der Waals surface area contributed by atoms with E-state index < -0.39 is 42.5 Å². The molecule has 2 atom stereocenters. The Labute approximate surface area is 177 Å². The second kappa shape index (κ2) is 8.96. The second-order valence-electron chi connectivity index (χ2n) is 7.42. The number of rotatable bonds is 6. The molecule has 3 N–H and O–H groups in total. The van der Waals surface area contributed by atoms with Crippen LogP contribution in [-0.2, 0) is 4.79 Å². The molecule has 1 aliphatic rings.